The summed E-state index contributed by atoms with van der Waals surface area (Å²) < 4.78 is 0. The highest BCUT2D eigenvalue weighted by molar-refractivity contribution is 5.81. The van der Waals surface area contributed by atoms with Crippen molar-refractivity contribution in [3.05, 3.63) is 0 Å². The van der Waals surface area contributed by atoms with Gasteiger partial charge in [0.1, 0.15) is 0 Å². The Labute approximate surface area is 105 Å². The van der Waals surface area contributed by atoms with Crippen molar-refractivity contribution in [2.75, 3.05) is 6.54 Å². The fourth-order valence-electron chi connectivity index (χ4n) is 2.80. The van der Waals surface area contributed by atoms with Gasteiger partial charge in [-0.1, -0.05) is 19.8 Å². The average Bonchev–Trinajstić information content (AvgIpc) is 2.24. The molecule has 1 saturated carbocycles. The minimum Gasteiger partial charge on any atom is -0.344 e. The minimum absolute atomic E-state index is 0.00571. The summed E-state index contributed by atoms with van der Waals surface area (Å²) in [6, 6.07) is 0.297. The van der Waals surface area contributed by atoms with Gasteiger partial charge in [-0.05, 0) is 38.0 Å². The van der Waals surface area contributed by atoms with Gasteiger partial charge in [-0.25, -0.2) is 0 Å². The van der Waals surface area contributed by atoms with E-state index in [-0.39, 0.29) is 11.9 Å². The van der Waals surface area contributed by atoms with Gasteiger partial charge in [0.15, 0.2) is 0 Å². The number of hydrogen-bond acceptors (Lipinski definition) is 2. The van der Waals surface area contributed by atoms with Gasteiger partial charge in [0.05, 0.1) is 12.6 Å². The molecule has 3 heteroatoms. The molecule has 1 rings (SSSR count). The molecule has 0 heterocycles. The van der Waals surface area contributed by atoms with Crippen molar-refractivity contribution in [2.24, 2.45) is 11.8 Å². The van der Waals surface area contributed by atoms with E-state index >= 15 is 0 Å². The Morgan fingerprint density at radius 3 is 2.47 bits per heavy atom. The first-order valence-corrected chi connectivity index (χ1v) is 6.50. The molecule has 3 atom stereocenters. The van der Waals surface area contributed by atoms with Crippen LogP contribution < -0.4 is 10.6 Å². The number of rotatable bonds is 4. The largest absolute Gasteiger partial charge is 0.344 e. The monoisotopic (exact) mass is 236 g/mol. The Bertz CT molecular complexity index is 285. The summed E-state index contributed by atoms with van der Waals surface area (Å²) in [6.45, 7) is 6.78. The maximum atomic E-state index is 11.7. The lowest BCUT2D eigenvalue weighted by molar-refractivity contribution is -0.122. The topological polar surface area (TPSA) is 41.1 Å². The molecule has 1 fully saturated rings. The van der Waals surface area contributed by atoms with Gasteiger partial charge in [-0.3, -0.25) is 4.79 Å². The molecule has 1 aliphatic rings. The normalized spacial score (nSPS) is 30.4. The number of hydrogen-bond donors (Lipinski definition) is 2. The van der Waals surface area contributed by atoms with Crippen molar-refractivity contribution < 1.29 is 4.79 Å². The van der Waals surface area contributed by atoms with E-state index in [9.17, 15) is 4.79 Å². The zero-order chi connectivity index (χ0) is 12.8. The van der Waals surface area contributed by atoms with E-state index < -0.39 is 0 Å². The maximum Gasteiger partial charge on any atom is 0.237 e. The van der Waals surface area contributed by atoms with Crippen LogP contribution in [0.3, 0.4) is 0 Å². The van der Waals surface area contributed by atoms with Crippen LogP contribution in [0, 0.1) is 24.2 Å². The summed E-state index contributed by atoms with van der Waals surface area (Å²) in [4.78, 5) is 11.7. The van der Waals surface area contributed by atoms with Crippen LogP contribution in [0.25, 0.3) is 0 Å². The van der Waals surface area contributed by atoms with Gasteiger partial charge in [0.2, 0.25) is 5.91 Å². The van der Waals surface area contributed by atoms with E-state index in [0.717, 1.165) is 24.7 Å². The Balaban J connectivity index is 2.37. The second kappa shape index (κ2) is 6.66. The van der Waals surface area contributed by atoms with Crippen LogP contribution in [0.4, 0.5) is 0 Å². The zero-order valence-electron chi connectivity index (χ0n) is 11.1. The van der Waals surface area contributed by atoms with Crippen LogP contribution in [0.1, 0.15) is 40.0 Å². The molecule has 0 aromatic heterocycles. The Kier molecular flexibility index (Phi) is 5.50. The Morgan fingerprint density at radius 1 is 1.35 bits per heavy atom. The molecular formula is C14H24N2O. The van der Waals surface area contributed by atoms with Crippen molar-refractivity contribution in [3.8, 4) is 12.3 Å². The molecule has 0 aromatic rings. The summed E-state index contributed by atoms with van der Waals surface area (Å²) in [6.07, 6.45) is 8.74. The van der Waals surface area contributed by atoms with Crippen molar-refractivity contribution in [1.29, 1.82) is 0 Å². The quantitative estimate of drug-likeness (QED) is 0.727. The minimum atomic E-state index is -0.161. The second-order valence-electron chi connectivity index (χ2n) is 5.42. The molecule has 0 bridgehead atoms. The number of carbonyl (C=O) groups is 1. The summed E-state index contributed by atoms with van der Waals surface area (Å²) in [5, 5.41) is 6.11. The van der Waals surface area contributed by atoms with Crippen molar-refractivity contribution in [2.45, 2.75) is 52.1 Å². The number of terminal acetylenes is 1. The highest BCUT2D eigenvalue weighted by Crippen LogP contribution is 2.28. The predicted octanol–water partition coefficient (Wildman–Crippen LogP) is 1.54. The molecule has 0 radical (unpaired) electrons. The van der Waals surface area contributed by atoms with Gasteiger partial charge in [0.25, 0.3) is 0 Å². The molecule has 96 valence electrons. The molecule has 0 spiro atoms. The summed E-state index contributed by atoms with van der Waals surface area (Å²) in [7, 11) is 0. The fraction of sp³-hybridized carbons (Fsp3) is 0.786. The lowest BCUT2D eigenvalue weighted by Gasteiger charge is -2.33. The van der Waals surface area contributed by atoms with Crippen molar-refractivity contribution in [3.63, 3.8) is 0 Å². The van der Waals surface area contributed by atoms with Crippen LogP contribution in [0.2, 0.25) is 0 Å². The molecular weight excluding hydrogens is 212 g/mol. The molecule has 1 amide bonds. The van der Waals surface area contributed by atoms with Crippen LogP contribution in [0.5, 0.6) is 0 Å². The summed E-state index contributed by atoms with van der Waals surface area (Å²) in [5.74, 6) is 3.90. The zero-order valence-corrected chi connectivity index (χ0v) is 11.1. The number of amides is 1. The molecule has 2 N–H and O–H groups in total. The average molecular weight is 236 g/mol. The number of nitrogens with one attached hydrogen (secondary N) is 2. The molecule has 17 heavy (non-hydrogen) atoms. The van der Waals surface area contributed by atoms with Gasteiger partial charge < -0.3 is 10.6 Å². The summed E-state index contributed by atoms with van der Waals surface area (Å²) in [5.41, 5.74) is 0. The summed E-state index contributed by atoms with van der Waals surface area (Å²) >= 11 is 0. The van der Waals surface area contributed by atoms with Crippen LogP contribution in [-0.2, 0) is 4.79 Å². The molecule has 3 nitrogen and oxygen atoms in total. The van der Waals surface area contributed by atoms with Crippen molar-refractivity contribution in [1.82, 2.24) is 10.6 Å². The number of carbonyl (C=O) groups excluding carboxylic acids is 1. The molecule has 1 aliphatic carbocycles. The molecule has 3 unspecified atom stereocenters. The molecule has 0 saturated heterocycles. The van der Waals surface area contributed by atoms with E-state index in [2.05, 4.69) is 30.4 Å². The van der Waals surface area contributed by atoms with Crippen LogP contribution in [0.15, 0.2) is 0 Å². The van der Waals surface area contributed by atoms with Gasteiger partial charge in [-0.15, -0.1) is 6.42 Å². The van der Waals surface area contributed by atoms with Gasteiger partial charge in [-0.2, -0.15) is 0 Å². The van der Waals surface area contributed by atoms with Gasteiger partial charge in [0, 0.05) is 6.04 Å². The second-order valence-corrected chi connectivity index (χ2v) is 5.42. The highest BCUT2D eigenvalue weighted by Gasteiger charge is 2.26. The standard InChI is InChI=1S/C14H24N2O/c1-5-6-15-14(17)12(4)16-13-8-10(2)7-11(3)9-13/h1,10-13,16H,6-9H2,2-4H3,(H,15,17). The lowest BCUT2D eigenvalue weighted by atomic mass is 9.80. The van der Waals surface area contributed by atoms with E-state index in [1.54, 1.807) is 0 Å². The third-order valence-electron chi connectivity index (χ3n) is 3.42. The van der Waals surface area contributed by atoms with E-state index in [4.69, 9.17) is 6.42 Å². The van der Waals surface area contributed by atoms with Gasteiger partial charge >= 0.3 is 0 Å². The third-order valence-corrected chi connectivity index (χ3v) is 3.42. The Hall–Kier alpha value is -1.01. The van der Waals surface area contributed by atoms with E-state index in [1.807, 2.05) is 6.92 Å². The van der Waals surface area contributed by atoms with Crippen LogP contribution in [-0.4, -0.2) is 24.5 Å². The fourth-order valence-corrected chi connectivity index (χ4v) is 2.80. The van der Waals surface area contributed by atoms with E-state index in [0.29, 0.717) is 12.6 Å². The first-order chi connectivity index (χ1) is 8.02. The predicted molar refractivity (Wildman–Crippen MR) is 70.4 cm³/mol. The first kappa shape index (κ1) is 14.1. The van der Waals surface area contributed by atoms with Crippen molar-refractivity contribution >= 4 is 5.91 Å². The van der Waals surface area contributed by atoms with Crippen LogP contribution >= 0.6 is 0 Å². The molecule has 0 aromatic carbocycles. The SMILES string of the molecule is C#CCNC(=O)C(C)NC1CC(C)CC(C)C1. The smallest absolute Gasteiger partial charge is 0.237 e. The highest BCUT2D eigenvalue weighted by atomic mass is 16.2. The third kappa shape index (κ3) is 4.79. The molecule has 0 aliphatic heterocycles. The first-order valence-electron chi connectivity index (χ1n) is 6.50. The lowest BCUT2D eigenvalue weighted by Crippen LogP contribution is -2.48. The maximum absolute atomic E-state index is 11.7. The Morgan fingerprint density at radius 2 is 1.94 bits per heavy atom. The van der Waals surface area contributed by atoms with E-state index in [1.165, 1.54) is 6.42 Å².